The molecule has 0 unspecified atom stereocenters. The van der Waals surface area contributed by atoms with Crippen LogP contribution in [0.25, 0.3) is 10.2 Å². The summed E-state index contributed by atoms with van der Waals surface area (Å²) in [6, 6.07) is 3.56. The van der Waals surface area contributed by atoms with Gasteiger partial charge in [-0.25, -0.2) is 19.6 Å². The lowest BCUT2D eigenvalue weighted by molar-refractivity contribution is -0.385. The summed E-state index contributed by atoms with van der Waals surface area (Å²) in [5, 5.41) is 11.8. The molecular weight excluding hydrogens is 436 g/mol. The number of nitro groups is 1. The zero-order chi connectivity index (χ0) is 22.0. The van der Waals surface area contributed by atoms with Gasteiger partial charge in [-0.05, 0) is 31.5 Å². The number of nitrogen functional groups attached to an aromatic ring is 1. The number of ether oxygens (including phenoxy) is 2. The molecule has 12 heteroatoms. The fourth-order valence-corrected chi connectivity index (χ4v) is 3.98. The van der Waals surface area contributed by atoms with Crippen LogP contribution in [0.4, 0.5) is 11.5 Å². The van der Waals surface area contributed by atoms with Crippen molar-refractivity contribution in [1.29, 1.82) is 0 Å². The minimum absolute atomic E-state index is 0.0784. The largest absolute Gasteiger partial charge is 0.462 e. The van der Waals surface area contributed by atoms with Crippen LogP contribution in [0.15, 0.2) is 18.2 Å². The summed E-state index contributed by atoms with van der Waals surface area (Å²) in [5.41, 5.74) is 5.87. The first-order valence-electron chi connectivity index (χ1n) is 8.56. The Kier molecular flexibility index (Phi) is 6.13. The lowest BCUT2D eigenvalue weighted by Gasteiger charge is -2.06. The average Bonchev–Trinajstić information content (AvgIpc) is 3.03. The number of thiophene rings is 1. The molecule has 0 amide bonds. The van der Waals surface area contributed by atoms with Crippen molar-refractivity contribution in [2.75, 3.05) is 12.3 Å². The summed E-state index contributed by atoms with van der Waals surface area (Å²) in [5.74, 6) is -1.25. The molecule has 0 aliphatic carbocycles. The van der Waals surface area contributed by atoms with Crippen molar-refractivity contribution in [3.8, 4) is 0 Å². The third kappa shape index (κ3) is 4.16. The summed E-state index contributed by atoms with van der Waals surface area (Å²) >= 11 is 6.91. The quantitative estimate of drug-likeness (QED) is 0.337. The average molecular weight is 451 g/mol. The highest BCUT2D eigenvalue weighted by molar-refractivity contribution is 7.20. The lowest BCUT2D eigenvalue weighted by atomic mass is 10.2. The molecule has 0 fully saturated rings. The second kappa shape index (κ2) is 8.59. The molecule has 1 aromatic carbocycles. The van der Waals surface area contributed by atoms with E-state index in [0.717, 1.165) is 23.5 Å². The van der Waals surface area contributed by atoms with Crippen molar-refractivity contribution in [2.45, 2.75) is 20.5 Å². The van der Waals surface area contributed by atoms with Gasteiger partial charge in [0, 0.05) is 11.1 Å². The van der Waals surface area contributed by atoms with Crippen molar-refractivity contribution < 1.29 is 24.0 Å². The minimum Gasteiger partial charge on any atom is -0.462 e. The molecule has 0 spiro atoms. The van der Waals surface area contributed by atoms with Gasteiger partial charge in [-0.3, -0.25) is 10.1 Å². The van der Waals surface area contributed by atoms with Crippen molar-refractivity contribution in [3.63, 3.8) is 0 Å². The number of anilines is 1. The second-order valence-electron chi connectivity index (χ2n) is 5.98. The summed E-state index contributed by atoms with van der Waals surface area (Å²) in [6.07, 6.45) is 0. The Balaban J connectivity index is 1.87. The molecule has 156 valence electrons. The van der Waals surface area contributed by atoms with Gasteiger partial charge < -0.3 is 15.2 Å². The van der Waals surface area contributed by atoms with Crippen LogP contribution in [-0.2, 0) is 16.1 Å². The fourth-order valence-electron chi connectivity index (χ4n) is 2.71. The van der Waals surface area contributed by atoms with E-state index in [1.165, 1.54) is 6.07 Å². The molecule has 0 saturated heterocycles. The summed E-state index contributed by atoms with van der Waals surface area (Å²) in [4.78, 5) is 44.0. The number of nitrogens with two attached hydrogens (primary N) is 1. The molecule has 0 aliphatic rings. The van der Waals surface area contributed by atoms with E-state index in [0.29, 0.717) is 20.7 Å². The third-order valence-corrected chi connectivity index (χ3v) is 5.43. The van der Waals surface area contributed by atoms with Gasteiger partial charge in [0.15, 0.2) is 12.4 Å². The molecule has 0 radical (unpaired) electrons. The van der Waals surface area contributed by atoms with Crippen LogP contribution in [0.1, 0.15) is 38.3 Å². The van der Waals surface area contributed by atoms with Crippen molar-refractivity contribution in [2.24, 2.45) is 0 Å². The summed E-state index contributed by atoms with van der Waals surface area (Å²) in [6.45, 7) is 3.26. The third-order valence-electron chi connectivity index (χ3n) is 4.03. The number of esters is 2. The van der Waals surface area contributed by atoms with Gasteiger partial charge in [0.1, 0.15) is 21.1 Å². The number of aryl methyl sites for hydroxylation is 1. The van der Waals surface area contributed by atoms with Gasteiger partial charge in [0.05, 0.1) is 16.9 Å². The smallest absolute Gasteiger partial charge is 0.348 e. The molecule has 30 heavy (non-hydrogen) atoms. The standard InChI is InChI=1S/C18H15ClN4O6S/c1-3-28-18(25)14-8(2)13-15(20)21-12(22-16(13)30-14)7-29-17(24)10-6-9(19)4-5-11(10)23(26)27/h4-6H,3,7H2,1-2H3,(H2,20,21,22). The Hall–Kier alpha value is -3.31. The molecule has 2 aromatic heterocycles. The molecular formula is C18H15ClN4O6S. The van der Waals surface area contributed by atoms with E-state index in [-0.39, 0.29) is 35.4 Å². The van der Waals surface area contributed by atoms with Crippen LogP contribution in [0.3, 0.4) is 0 Å². The summed E-state index contributed by atoms with van der Waals surface area (Å²) < 4.78 is 10.1. The van der Waals surface area contributed by atoms with Crippen LogP contribution in [-0.4, -0.2) is 33.4 Å². The Labute approximate surface area is 178 Å². The van der Waals surface area contributed by atoms with Crippen molar-refractivity contribution in [3.05, 3.63) is 55.2 Å². The van der Waals surface area contributed by atoms with Gasteiger partial charge in [0.2, 0.25) is 0 Å². The second-order valence-corrected chi connectivity index (χ2v) is 7.41. The topological polar surface area (TPSA) is 148 Å². The van der Waals surface area contributed by atoms with Crippen LogP contribution in [0.5, 0.6) is 0 Å². The van der Waals surface area contributed by atoms with E-state index in [2.05, 4.69) is 9.97 Å². The van der Waals surface area contributed by atoms with Crippen LogP contribution in [0, 0.1) is 17.0 Å². The predicted octanol–water partition coefficient (Wildman–Crippen LogP) is 3.68. The number of hydrogen-bond donors (Lipinski definition) is 1. The lowest BCUT2D eigenvalue weighted by Crippen LogP contribution is -2.10. The van der Waals surface area contributed by atoms with Crippen molar-refractivity contribution >= 4 is 56.6 Å². The maximum absolute atomic E-state index is 12.3. The number of halogens is 1. The number of aromatic nitrogens is 2. The van der Waals surface area contributed by atoms with Gasteiger partial charge in [-0.1, -0.05) is 11.6 Å². The normalized spacial score (nSPS) is 10.8. The van der Waals surface area contributed by atoms with Gasteiger partial charge in [-0.2, -0.15) is 0 Å². The number of carbonyl (C=O) groups excluding carboxylic acids is 2. The molecule has 3 aromatic rings. The molecule has 0 atom stereocenters. The van der Waals surface area contributed by atoms with E-state index < -0.39 is 22.5 Å². The minimum atomic E-state index is -0.957. The fraction of sp³-hybridized carbons (Fsp3) is 0.222. The Morgan fingerprint density at radius 3 is 2.67 bits per heavy atom. The maximum atomic E-state index is 12.3. The first kappa shape index (κ1) is 21.4. The molecule has 0 saturated carbocycles. The highest BCUT2D eigenvalue weighted by atomic mass is 35.5. The molecule has 2 heterocycles. The predicted molar refractivity (Wildman–Crippen MR) is 110 cm³/mol. The highest BCUT2D eigenvalue weighted by Crippen LogP contribution is 2.33. The van der Waals surface area contributed by atoms with E-state index in [1.54, 1.807) is 13.8 Å². The number of rotatable bonds is 6. The van der Waals surface area contributed by atoms with E-state index in [1.807, 2.05) is 0 Å². The van der Waals surface area contributed by atoms with Crippen LogP contribution >= 0.6 is 22.9 Å². The van der Waals surface area contributed by atoms with E-state index >= 15 is 0 Å². The molecule has 10 nitrogen and oxygen atoms in total. The molecule has 0 aliphatic heterocycles. The SMILES string of the molecule is CCOC(=O)c1sc2nc(COC(=O)c3cc(Cl)ccc3[N+](=O)[O-])nc(N)c2c1C. The van der Waals surface area contributed by atoms with Crippen molar-refractivity contribution in [1.82, 2.24) is 9.97 Å². The number of carbonyl (C=O) groups is 2. The first-order chi connectivity index (χ1) is 14.2. The zero-order valence-corrected chi connectivity index (χ0v) is 17.4. The number of nitrogens with zero attached hydrogens (tertiary/aromatic N) is 3. The Morgan fingerprint density at radius 1 is 1.27 bits per heavy atom. The molecule has 2 N–H and O–H groups in total. The van der Waals surface area contributed by atoms with Gasteiger partial charge in [-0.15, -0.1) is 11.3 Å². The van der Waals surface area contributed by atoms with Crippen LogP contribution in [0.2, 0.25) is 5.02 Å². The van der Waals surface area contributed by atoms with E-state index in [9.17, 15) is 19.7 Å². The maximum Gasteiger partial charge on any atom is 0.348 e. The Morgan fingerprint density at radius 2 is 2.00 bits per heavy atom. The zero-order valence-electron chi connectivity index (χ0n) is 15.8. The van der Waals surface area contributed by atoms with Crippen LogP contribution < -0.4 is 5.73 Å². The van der Waals surface area contributed by atoms with Gasteiger partial charge in [0.25, 0.3) is 5.69 Å². The highest BCUT2D eigenvalue weighted by Gasteiger charge is 2.23. The molecule has 3 rings (SSSR count). The number of hydrogen-bond acceptors (Lipinski definition) is 10. The van der Waals surface area contributed by atoms with Gasteiger partial charge >= 0.3 is 11.9 Å². The monoisotopic (exact) mass is 450 g/mol. The number of benzene rings is 1. The molecule has 0 bridgehead atoms. The Bertz CT molecular complexity index is 1180. The number of fused-ring (bicyclic) bond motifs is 1. The first-order valence-corrected chi connectivity index (χ1v) is 9.76. The van der Waals surface area contributed by atoms with E-state index in [4.69, 9.17) is 26.8 Å². The number of nitro benzene ring substituents is 1. The summed E-state index contributed by atoms with van der Waals surface area (Å²) in [7, 11) is 0.